The van der Waals surface area contributed by atoms with E-state index in [9.17, 15) is 9.18 Å². The molecule has 28 heavy (non-hydrogen) atoms. The summed E-state index contributed by atoms with van der Waals surface area (Å²) < 4.78 is 13.2. The van der Waals surface area contributed by atoms with Gasteiger partial charge in [0.25, 0.3) is 0 Å². The molecule has 1 saturated carbocycles. The molecule has 154 valence electrons. The zero-order valence-corrected chi connectivity index (χ0v) is 17.4. The highest BCUT2D eigenvalue weighted by Crippen LogP contribution is 2.32. The molecule has 7 heteroatoms. The van der Waals surface area contributed by atoms with Gasteiger partial charge in [-0.2, -0.15) is 0 Å². The van der Waals surface area contributed by atoms with E-state index >= 15 is 0 Å². The third-order valence-corrected chi connectivity index (χ3v) is 5.24. The van der Waals surface area contributed by atoms with Crippen LogP contribution in [-0.2, 0) is 17.8 Å². The van der Waals surface area contributed by atoms with Gasteiger partial charge >= 0.3 is 0 Å². The summed E-state index contributed by atoms with van der Waals surface area (Å²) in [6.07, 6.45) is 5.46. The van der Waals surface area contributed by atoms with E-state index in [1.165, 1.54) is 12.1 Å². The third kappa shape index (κ3) is 6.43. The third-order valence-electron chi connectivity index (χ3n) is 5.24. The highest BCUT2D eigenvalue weighted by Gasteiger charge is 2.34. The number of carbonyl (C=O) groups excluding carboxylic acids is 1. The van der Waals surface area contributed by atoms with Crippen LogP contribution in [0.4, 0.5) is 4.39 Å². The number of amides is 1. The summed E-state index contributed by atoms with van der Waals surface area (Å²) in [6, 6.07) is 12.2. The molecule has 0 bridgehead atoms. The zero-order chi connectivity index (χ0) is 18.4. The lowest BCUT2D eigenvalue weighted by Crippen LogP contribution is -2.39. The van der Waals surface area contributed by atoms with Crippen molar-refractivity contribution in [1.29, 1.82) is 0 Å². The Morgan fingerprint density at radius 2 is 1.89 bits per heavy atom. The summed E-state index contributed by atoms with van der Waals surface area (Å²) in [5, 5.41) is 0. The second-order valence-electron chi connectivity index (χ2n) is 6.99. The zero-order valence-electron chi connectivity index (χ0n) is 15.8. The van der Waals surface area contributed by atoms with Crippen molar-refractivity contribution in [2.24, 2.45) is 17.6 Å². The van der Waals surface area contributed by atoms with Crippen LogP contribution in [0.5, 0.6) is 0 Å². The highest BCUT2D eigenvalue weighted by atomic mass is 35.5. The van der Waals surface area contributed by atoms with Gasteiger partial charge in [0.2, 0.25) is 5.91 Å². The summed E-state index contributed by atoms with van der Waals surface area (Å²) in [7, 11) is 0. The number of hydrogen-bond acceptors (Lipinski definition) is 3. The topological polar surface area (TPSA) is 59.2 Å². The minimum absolute atomic E-state index is 0. The van der Waals surface area contributed by atoms with E-state index in [-0.39, 0.29) is 48.4 Å². The minimum atomic E-state index is -0.265. The van der Waals surface area contributed by atoms with E-state index in [2.05, 4.69) is 4.98 Å². The van der Waals surface area contributed by atoms with Crippen LogP contribution in [0.25, 0.3) is 0 Å². The van der Waals surface area contributed by atoms with E-state index in [0.29, 0.717) is 26.1 Å². The number of carbonyl (C=O) groups is 1. The Hall–Kier alpha value is -1.69. The Labute approximate surface area is 178 Å². The first-order valence-electron chi connectivity index (χ1n) is 9.30. The van der Waals surface area contributed by atoms with Gasteiger partial charge in [-0.05, 0) is 55.1 Å². The molecule has 0 unspecified atom stereocenters. The molecule has 2 aromatic rings. The Balaban J connectivity index is 0.00000196. The van der Waals surface area contributed by atoms with Crippen LogP contribution in [0.2, 0.25) is 0 Å². The number of halogens is 3. The molecule has 0 aliphatic heterocycles. The summed E-state index contributed by atoms with van der Waals surface area (Å²) in [6.45, 7) is 1.64. The second kappa shape index (κ2) is 12.0. The molecule has 4 nitrogen and oxygen atoms in total. The fraction of sp³-hybridized carbons (Fsp3) is 0.429. The fourth-order valence-electron chi connectivity index (χ4n) is 3.75. The molecule has 3 rings (SSSR count). The lowest BCUT2D eigenvalue weighted by molar-refractivity contribution is -0.137. The number of rotatable bonds is 7. The Bertz CT molecular complexity index is 715. The normalized spacial score (nSPS) is 18.1. The van der Waals surface area contributed by atoms with Crippen LogP contribution in [-0.4, -0.2) is 28.9 Å². The number of benzene rings is 1. The quantitative estimate of drug-likeness (QED) is 0.725. The SMILES string of the molecule is Cl.Cl.NC[C@H]1CCC[C@H]1C(=O)N(CCc1ccccn1)Cc1ccc(F)cc1. The summed E-state index contributed by atoms with van der Waals surface area (Å²) in [4.78, 5) is 19.4. The van der Waals surface area contributed by atoms with Gasteiger partial charge in [-0.25, -0.2) is 4.39 Å². The summed E-state index contributed by atoms with van der Waals surface area (Å²) >= 11 is 0. The number of nitrogens with two attached hydrogens (primary N) is 1. The molecule has 1 amide bonds. The predicted octanol–water partition coefficient (Wildman–Crippen LogP) is 4.01. The average molecular weight is 428 g/mol. The van der Waals surface area contributed by atoms with Gasteiger partial charge in [-0.3, -0.25) is 9.78 Å². The first kappa shape index (κ1) is 24.3. The van der Waals surface area contributed by atoms with Crippen molar-refractivity contribution in [2.75, 3.05) is 13.1 Å². The van der Waals surface area contributed by atoms with Crippen molar-refractivity contribution in [3.63, 3.8) is 0 Å². The van der Waals surface area contributed by atoms with E-state index < -0.39 is 0 Å². The van der Waals surface area contributed by atoms with Crippen molar-refractivity contribution in [3.8, 4) is 0 Å². The van der Waals surface area contributed by atoms with Gasteiger partial charge in [-0.1, -0.05) is 24.6 Å². The second-order valence-corrected chi connectivity index (χ2v) is 6.99. The first-order valence-corrected chi connectivity index (χ1v) is 9.30. The smallest absolute Gasteiger partial charge is 0.226 e. The Morgan fingerprint density at radius 3 is 2.54 bits per heavy atom. The molecule has 0 spiro atoms. The van der Waals surface area contributed by atoms with Crippen LogP contribution < -0.4 is 5.73 Å². The van der Waals surface area contributed by atoms with Crippen molar-refractivity contribution in [2.45, 2.75) is 32.2 Å². The van der Waals surface area contributed by atoms with Gasteiger partial charge in [0.15, 0.2) is 0 Å². The van der Waals surface area contributed by atoms with Crippen LogP contribution in [0.15, 0.2) is 48.7 Å². The Kier molecular flexibility index (Phi) is 10.4. The predicted molar refractivity (Wildman–Crippen MR) is 114 cm³/mol. The van der Waals surface area contributed by atoms with Crippen molar-refractivity contribution in [3.05, 3.63) is 65.7 Å². The van der Waals surface area contributed by atoms with Crippen LogP contribution >= 0.6 is 24.8 Å². The van der Waals surface area contributed by atoms with E-state index in [0.717, 1.165) is 30.5 Å². The lowest BCUT2D eigenvalue weighted by Gasteiger charge is -2.28. The monoisotopic (exact) mass is 427 g/mol. The van der Waals surface area contributed by atoms with Gasteiger partial charge in [0.05, 0.1) is 0 Å². The van der Waals surface area contributed by atoms with Gasteiger partial charge in [0.1, 0.15) is 5.82 Å². The van der Waals surface area contributed by atoms with Gasteiger partial charge in [0, 0.05) is 37.3 Å². The largest absolute Gasteiger partial charge is 0.338 e. The molecule has 2 N–H and O–H groups in total. The van der Waals surface area contributed by atoms with E-state index in [1.54, 1.807) is 18.3 Å². The number of aromatic nitrogens is 1. The molecule has 1 fully saturated rings. The van der Waals surface area contributed by atoms with Gasteiger partial charge < -0.3 is 10.6 Å². The highest BCUT2D eigenvalue weighted by molar-refractivity contribution is 5.85. The molecule has 1 heterocycles. The van der Waals surface area contributed by atoms with E-state index in [1.807, 2.05) is 23.1 Å². The molecule has 0 radical (unpaired) electrons. The standard InChI is InChI=1S/C21H26FN3O.2ClH/c22-18-9-7-16(8-10-18)15-25(13-11-19-5-1-2-12-24-19)21(26)20-6-3-4-17(20)14-23;;/h1-2,5,7-10,12,17,20H,3-4,6,11,13-15,23H2;2*1H/t17-,20-;;/m1../s1. The Morgan fingerprint density at radius 1 is 1.14 bits per heavy atom. The maximum atomic E-state index is 13.2. The summed E-state index contributed by atoms with van der Waals surface area (Å²) in [5.74, 6) is 0.176. The molecule has 0 saturated heterocycles. The fourth-order valence-corrected chi connectivity index (χ4v) is 3.75. The van der Waals surface area contributed by atoms with E-state index in [4.69, 9.17) is 5.73 Å². The van der Waals surface area contributed by atoms with Gasteiger partial charge in [-0.15, -0.1) is 24.8 Å². The van der Waals surface area contributed by atoms with Crippen molar-refractivity contribution < 1.29 is 9.18 Å². The molecular weight excluding hydrogens is 400 g/mol. The molecule has 1 aromatic carbocycles. The minimum Gasteiger partial charge on any atom is -0.338 e. The number of hydrogen-bond donors (Lipinski definition) is 1. The molecule has 1 aromatic heterocycles. The lowest BCUT2D eigenvalue weighted by atomic mass is 9.94. The van der Waals surface area contributed by atoms with Crippen LogP contribution in [0.1, 0.15) is 30.5 Å². The van der Waals surface area contributed by atoms with Crippen LogP contribution in [0.3, 0.4) is 0 Å². The van der Waals surface area contributed by atoms with Crippen molar-refractivity contribution in [1.82, 2.24) is 9.88 Å². The average Bonchev–Trinajstić information content (AvgIpc) is 3.15. The molecular formula is C21H28Cl2FN3O. The first-order chi connectivity index (χ1) is 12.7. The van der Waals surface area contributed by atoms with Crippen molar-refractivity contribution >= 4 is 30.7 Å². The summed E-state index contributed by atoms with van der Waals surface area (Å²) in [5.41, 5.74) is 7.77. The molecule has 2 atom stereocenters. The molecule has 1 aliphatic rings. The maximum absolute atomic E-state index is 13.2. The van der Waals surface area contributed by atoms with Crippen LogP contribution in [0, 0.1) is 17.7 Å². The number of pyridine rings is 1. The molecule has 1 aliphatic carbocycles. The maximum Gasteiger partial charge on any atom is 0.226 e. The number of nitrogens with zero attached hydrogens (tertiary/aromatic N) is 2.